The number of nitrogens with one attached hydrogen (secondary N) is 1. The van der Waals surface area contributed by atoms with E-state index in [1.54, 1.807) is 0 Å². The Hall–Kier alpha value is -1.43. The molecule has 1 aliphatic carbocycles. The number of carboxylic acid groups (broad SMARTS) is 1. The van der Waals surface area contributed by atoms with Gasteiger partial charge in [0.05, 0.1) is 12.5 Å². The number of hydrogen-bond acceptors (Lipinski definition) is 4. The number of rotatable bonds is 5. The maximum atomic E-state index is 12.0. The lowest BCUT2D eigenvalue weighted by molar-refractivity contribution is -0.149. The van der Waals surface area contributed by atoms with Crippen LogP contribution in [0.5, 0.6) is 0 Å². The Morgan fingerprint density at radius 3 is 2.61 bits per heavy atom. The number of imide groups is 1. The van der Waals surface area contributed by atoms with Crippen LogP contribution in [0, 0.1) is 0 Å². The first-order chi connectivity index (χ1) is 8.50. The van der Waals surface area contributed by atoms with Crippen molar-refractivity contribution in [3.05, 3.63) is 0 Å². The molecule has 18 heavy (non-hydrogen) atoms. The molecular formula is C12H18N2O4. The van der Waals surface area contributed by atoms with Gasteiger partial charge in [0.2, 0.25) is 11.8 Å². The largest absolute Gasteiger partial charge is 0.480 e. The van der Waals surface area contributed by atoms with Crippen molar-refractivity contribution in [1.82, 2.24) is 10.2 Å². The highest BCUT2D eigenvalue weighted by molar-refractivity contribution is 6.05. The highest BCUT2D eigenvalue weighted by Gasteiger charge is 2.49. The molecule has 2 N–H and O–H groups in total. The zero-order valence-corrected chi connectivity index (χ0v) is 10.4. The van der Waals surface area contributed by atoms with Gasteiger partial charge >= 0.3 is 5.97 Å². The van der Waals surface area contributed by atoms with E-state index in [-0.39, 0.29) is 18.2 Å². The van der Waals surface area contributed by atoms with Crippen LogP contribution in [0.2, 0.25) is 0 Å². The molecule has 2 fully saturated rings. The van der Waals surface area contributed by atoms with Crippen LogP contribution >= 0.6 is 0 Å². The average molecular weight is 254 g/mol. The number of likely N-dealkylation sites (tertiary alicyclic amines) is 1. The highest BCUT2D eigenvalue weighted by atomic mass is 16.4. The maximum absolute atomic E-state index is 12.0. The standard InChI is InChI=1S/C12H18N2O4/c1-2-6-14-9(15)7-8(10(14)16)13-12(11(17)18)4-3-5-12/h8,13H,2-7H2,1H3,(H,17,18). The third-order valence-electron chi connectivity index (χ3n) is 3.76. The number of amides is 2. The summed E-state index contributed by atoms with van der Waals surface area (Å²) in [6, 6.07) is -0.666. The number of aliphatic carboxylic acids is 1. The van der Waals surface area contributed by atoms with Crippen molar-refractivity contribution in [1.29, 1.82) is 0 Å². The van der Waals surface area contributed by atoms with Crippen LogP contribution in [0.15, 0.2) is 0 Å². The van der Waals surface area contributed by atoms with E-state index in [1.807, 2.05) is 6.92 Å². The van der Waals surface area contributed by atoms with Crippen LogP contribution < -0.4 is 5.32 Å². The van der Waals surface area contributed by atoms with Gasteiger partial charge in [-0.1, -0.05) is 6.92 Å². The summed E-state index contributed by atoms with van der Waals surface area (Å²) in [5.74, 6) is -1.42. The summed E-state index contributed by atoms with van der Waals surface area (Å²) in [6.07, 6.45) is 2.68. The van der Waals surface area contributed by atoms with Gasteiger partial charge in [-0.25, -0.2) is 0 Å². The van der Waals surface area contributed by atoms with Crippen LogP contribution in [-0.2, 0) is 14.4 Å². The Labute approximate surface area is 105 Å². The van der Waals surface area contributed by atoms with Crippen molar-refractivity contribution in [3.63, 3.8) is 0 Å². The van der Waals surface area contributed by atoms with Gasteiger partial charge in [-0.15, -0.1) is 0 Å². The normalized spacial score (nSPS) is 26.3. The van der Waals surface area contributed by atoms with Gasteiger partial charge in [-0.3, -0.25) is 24.6 Å². The molecule has 6 heteroatoms. The lowest BCUT2D eigenvalue weighted by Crippen LogP contribution is -2.61. The van der Waals surface area contributed by atoms with Crippen molar-refractivity contribution in [2.45, 2.75) is 50.6 Å². The van der Waals surface area contributed by atoms with Gasteiger partial charge in [-0.2, -0.15) is 0 Å². The Bertz CT molecular complexity index is 390. The van der Waals surface area contributed by atoms with E-state index in [1.165, 1.54) is 4.90 Å². The van der Waals surface area contributed by atoms with Gasteiger partial charge in [0.25, 0.3) is 0 Å². The Balaban J connectivity index is 2.05. The summed E-state index contributed by atoms with van der Waals surface area (Å²) in [5.41, 5.74) is -0.997. The van der Waals surface area contributed by atoms with Gasteiger partial charge in [0.15, 0.2) is 0 Å². The second-order valence-electron chi connectivity index (χ2n) is 5.03. The van der Waals surface area contributed by atoms with Gasteiger partial charge < -0.3 is 5.11 Å². The average Bonchev–Trinajstić information content (AvgIpc) is 2.51. The van der Waals surface area contributed by atoms with Gasteiger partial charge in [-0.05, 0) is 25.7 Å². The minimum atomic E-state index is -0.997. The topological polar surface area (TPSA) is 86.7 Å². The van der Waals surface area contributed by atoms with Crippen LogP contribution in [0.1, 0.15) is 39.0 Å². The van der Waals surface area contributed by atoms with Crippen LogP contribution in [-0.4, -0.2) is 45.9 Å². The van der Waals surface area contributed by atoms with E-state index in [2.05, 4.69) is 5.32 Å². The summed E-state index contributed by atoms with van der Waals surface area (Å²) in [7, 11) is 0. The molecule has 1 atom stereocenters. The monoisotopic (exact) mass is 254 g/mol. The molecular weight excluding hydrogens is 236 g/mol. The summed E-state index contributed by atoms with van der Waals surface area (Å²) >= 11 is 0. The van der Waals surface area contributed by atoms with Crippen LogP contribution in [0.4, 0.5) is 0 Å². The van der Waals surface area contributed by atoms with E-state index in [0.717, 1.165) is 6.42 Å². The fraction of sp³-hybridized carbons (Fsp3) is 0.750. The van der Waals surface area contributed by atoms with Crippen molar-refractivity contribution in [2.75, 3.05) is 6.54 Å². The Morgan fingerprint density at radius 2 is 2.17 bits per heavy atom. The third-order valence-corrected chi connectivity index (χ3v) is 3.76. The number of carboxylic acids is 1. The van der Waals surface area contributed by atoms with E-state index in [4.69, 9.17) is 0 Å². The molecule has 6 nitrogen and oxygen atoms in total. The van der Waals surface area contributed by atoms with Crippen LogP contribution in [0.25, 0.3) is 0 Å². The molecule has 1 unspecified atom stereocenters. The molecule has 0 radical (unpaired) electrons. The summed E-state index contributed by atoms with van der Waals surface area (Å²) in [6.45, 7) is 2.31. The molecule has 0 aromatic heterocycles. The molecule has 2 rings (SSSR count). The summed E-state index contributed by atoms with van der Waals surface area (Å²) < 4.78 is 0. The van der Waals surface area contributed by atoms with Crippen LogP contribution in [0.3, 0.4) is 0 Å². The highest BCUT2D eigenvalue weighted by Crippen LogP contribution is 2.33. The number of carbonyl (C=O) groups is 3. The predicted molar refractivity (Wildman–Crippen MR) is 62.8 cm³/mol. The van der Waals surface area contributed by atoms with Crippen molar-refractivity contribution < 1.29 is 19.5 Å². The number of hydrogen-bond donors (Lipinski definition) is 2. The zero-order valence-electron chi connectivity index (χ0n) is 10.4. The SMILES string of the molecule is CCCN1C(=O)CC(NC2(C(=O)O)CCC2)C1=O. The Kier molecular flexibility index (Phi) is 3.38. The van der Waals surface area contributed by atoms with Crippen molar-refractivity contribution in [3.8, 4) is 0 Å². The summed E-state index contributed by atoms with van der Waals surface area (Å²) in [4.78, 5) is 36.1. The molecule has 2 amide bonds. The Morgan fingerprint density at radius 1 is 1.50 bits per heavy atom. The first-order valence-electron chi connectivity index (χ1n) is 6.35. The lowest BCUT2D eigenvalue weighted by Gasteiger charge is -2.40. The molecule has 1 saturated carbocycles. The molecule has 1 aliphatic heterocycles. The number of nitrogens with zero attached hydrogens (tertiary/aromatic N) is 1. The van der Waals surface area contributed by atoms with Gasteiger partial charge in [0.1, 0.15) is 5.54 Å². The fourth-order valence-corrected chi connectivity index (χ4v) is 2.54. The number of carbonyl (C=O) groups excluding carboxylic acids is 2. The minimum absolute atomic E-state index is 0.0772. The second kappa shape index (κ2) is 4.68. The van der Waals surface area contributed by atoms with Crippen molar-refractivity contribution >= 4 is 17.8 Å². The first kappa shape index (κ1) is 13.0. The van der Waals surface area contributed by atoms with Crippen molar-refractivity contribution in [2.24, 2.45) is 0 Å². The summed E-state index contributed by atoms with van der Waals surface area (Å²) in [5, 5.41) is 12.1. The molecule has 1 heterocycles. The molecule has 1 saturated heterocycles. The molecule has 100 valence electrons. The lowest BCUT2D eigenvalue weighted by atomic mass is 9.76. The van der Waals surface area contributed by atoms with Gasteiger partial charge in [0, 0.05) is 6.54 Å². The molecule has 0 bridgehead atoms. The smallest absolute Gasteiger partial charge is 0.323 e. The van der Waals surface area contributed by atoms with E-state index < -0.39 is 17.6 Å². The molecule has 0 aromatic carbocycles. The molecule has 2 aliphatic rings. The predicted octanol–water partition coefficient (Wildman–Crippen LogP) is 0.121. The molecule has 0 spiro atoms. The quantitative estimate of drug-likeness (QED) is 0.680. The second-order valence-corrected chi connectivity index (χ2v) is 5.03. The first-order valence-corrected chi connectivity index (χ1v) is 6.35. The zero-order chi connectivity index (χ0) is 13.3. The van der Waals surface area contributed by atoms with E-state index in [0.29, 0.717) is 25.8 Å². The van der Waals surface area contributed by atoms with E-state index in [9.17, 15) is 19.5 Å². The fourth-order valence-electron chi connectivity index (χ4n) is 2.54. The van der Waals surface area contributed by atoms with E-state index >= 15 is 0 Å². The molecule has 0 aromatic rings. The third kappa shape index (κ3) is 2.01. The minimum Gasteiger partial charge on any atom is -0.480 e. The maximum Gasteiger partial charge on any atom is 0.323 e.